The van der Waals surface area contributed by atoms with Gasteiger partial charge in [-0.2, -0.15) is 0 Å². The first kappa shape index (κ1) is 22.0. The zero-order valence-corrected chi connectivity index (χ0v) is 18.0. The van der Waals surface area contributed by atoms with Gasteiger partial charge in [0, 0.05) is 24.5 Å². The van der Waals surface area contributed by atoms with E-state index in [1.807, 2.05) is 0 Å². The average Bonchev–Trinajstić information content (AvgIpc) is 3.09. The van der Waals surface area contributed by atoms with Crippen LogP contribution in [0.5, 0.6) is 11.5 Å². The van der Waals surface area contributed by atoms with Crippen LogP contribution < -0.4 is 9.47 Å². The summed E-state index contributed by atoms with van der Waals surface area (Å²) in [7, 11) is 2.83. The number of halogens is 1. The summed E-state index contributed by atoms with van der Waals surface area (Å²) in [5.41, 5.74) is 1.25. The van der Waals surface area contributed by atoms with E-state index >= 15 is 0 Å². The molecule has 0 radical (unpaired) electrons. The molecule has 7 nitrogen and oxygen atoms in total. The van der Waals surface area contributed by atoms with E-state index in [0.717, 1.165) is 11.6 Å². The number of aliphatic hydroxyl groups excluding tert-OH is 1. The topological polar surface area (TPSA) is 89.0 Å². The Balaban J connectivity index is 1.88. The van der Waals surface area contributed by atoms with Crippen LogP contribution in [0.4, 0.5) is 4.39 Å². The number of carbonyl (C=O) groups is 2. The Labute approximate surface area is 189 Å². The number of hydrogen-bond donors (Lipinski definition) is 1. The lowest BCUT2D eigenvalue weighted by molar-refractivity contribution is -0.140. The average molecular weight is 448 g/mol. The van der Waals surface area contributed by atoms with E-state index < -0.39 is 29.3 Å². The Hall–Kier alpha value is -4.20. The van der Waals surface area contributed by atoms with Crippen molar-refractivity contribution in [3.8, 4) is 11.5 Å². The Morgan fingerprint density at radius 2 is 1.82 bits per heavy atom. The van der Waals surface area contributed by atoms with Crippen LogP contribution in [0.2, 0.25) is 0 Å². The van der Waals surface area contributed by atoms with Gasteiger partial charge in [-0.25, -0.2) is 4.39 Å². The SMILES string of the molecule is COc1cccc(C2C(=C(O)c3ccc(OC)c(F)c3)C(=O)C(=O)N2Cc2ccncc2)c1. The fourth-order valence-electron chi connectivity index (χ4n) is 3.86. The molecule has 1 atom stereocenters. The van der Waals surface area contributed by atoms with Gasteiger partial charge >= 0.3 is 0 Å². The molecule has 0 spiro atoms. The van der Waals surface area contributed by atoms with Crippen molar-refractivity contribution in [2.24, 2.45) is 0 Å². The van der Waals surface area contributed by atoms with Crippen molar-refractivity contribution in [3.05, 3.63) is 95.1 Å². The first-order valence-corrected chi connectivity index (χ1v) is 10.1. The molecule has 1 aromatic heterocycles. The van der Waals surface area contributed by atoms with Crippen LogP contribution in [0, 0.1) is 5.82 Å². The maximum absolute atomic E-state index is 14.3. The summed E-state index contributed by atoms with van der Waals surface area (Å²) in [6.07, 6.45) is 3.18. The summed E-state index contributed by atoms with van der Waals surface area (Å²) in [6.45, 7) is 0.114. The van der Waals surface area contributed by atoms with Crippen molar-refractivity contribution >= 4 is 17.4 Å². The monoisotopic (exact) mass is 448 g/mol. The van der Waals surface area contributed by atoms with E-state index in [2.05, 4.69) is 4.98 Å². The van der Waals surface area contributed by atoms with Crippen LogP contribution in [-0.2, 0) is 16.1 Å². The molecule has 1 N–H and O–H groups in total. The molecule has 3 aromatic rings. The molecule has 33 heavy (non-hydrogen) atoms. The van der Waals surface area contributed by atoms with Gasteiger partial charge in [0.2, 0.25) is 0 Å². The predicted octanol–water partition coefficient (Wildman–Crippen LogP) is 3.86. The largest absolute Gasteiger partial charge is 0.507 e. The van der Waals surface area contributed by atoms with Gasteiger partial charge in [-0.15, -0.1) is 0 Å². The summed E-state index contributed by atoms with van der Waals surface area (Å²) in [4.78, 5) is 31.5. The lowest BCUT2D eigenvalue weighted by Gasteiger charge is -2.25. The van der Waals surface area contributed by atoms with E-state index in [1.54, 1.807) is 48.8 Å². The zero-order chi connectivity index (χ0) is 23.5. The van der Waals surface area contributed by atoms with Gasteiger partial charge in [0.05, 0.1) is 25.8 Å². The van der Waals surface area contributed by atoms with Gasteiger partial charge in [-0.1, -0.05) is 12.1 Å². The highest BCUT2D eigenvalue weighted by molar-refractivity contribution is 6.46. The Morgan fingerprint density at radius 1 is 1.06 bits per heavy atom. The third-order valence-electron chi connectivity index (χ3n) is 5.48. The minimum Gasteiger partial charge on any atom is -0.507 e. The van der Waals surface area contributed by atoms with Crippen LogP contribution in [-0.4, -0.2) is 40.9 Å². The van der Waals surface area contributed by atoms with Gasteiger partial charge in [-0.3, -0.25) is 14.6 Å². The van der Waals surface area contributed by atoms with Crippen LogP contribution in [0.15, 0.2) is 72.6 Å². The smallest absolute Gasteiger partial charge is 0.295 e. The normalized spacial score (nSPS) is 17.3. The molecule has 4 rings (SSSR count). The van der Waals surface area contributed by atoms with E-state index in [4.69, 9.17) is 9.47 Å². The fraction of sp³-hybridized carbons (Fsp3) is 0.160. The number of benzene rings is 2. The second-order valence-electron chi connectivity index (χ2n) is 7.41. The number of nitrogens with zero attached hydrogens (tertiary/aromatic N) is 2. The van der Waals surface area contributed by atoms with Gasteiger partial charge < -0.3 is 19.5 Å². The first-order valence-electron chi connectivity index (χ1n) is 10.1. The van der Waals surface area contributed by atoms with E-state index in [-0.39, 0.29) is 23.4 Å². The molecule has 1 unspecified atom stereocenters. The highest BCUT2D eigenvalue weighted by Crippen LogP contribution is 2.41. The van der Waals surface area contributed by atoms with Crippen molar-refractivity contribution in [2.45, 2.75) is 12.6 Å². The number of Topliss-reactive ketones (excluding diaryl/α,β-unsaturated/α-hetero) is 1. The molecule has 2 heterocycles. The lowest BCUT2D eigenvalue weighted by atomic mass is 9.95. The maximum Gasteiger partial charge on any atom is 0.295 e. The number of methoxy groups -OCH3 is 2. The number of pyridine rings is 1. The third-order valence-corrected chi connectivity index (χ3v) is 5.48. The fourth-order valence-corrected chi connectivity index (χ4v) is 3.86. The van der Waals surface area contributed by atoms with Crippen molar-refractivity contribution in [3.63, 3.8) is 0 Å². The summed E-state index contributed by atoms with van der Waals surface area (Å²) in [5.74, 6) is -2.28. The number of hydrogen-bond acceptors (Lipinski definition) is 6. The van der Waals surface area contributed by atoms with Crippen LogP contribution in [0.1, 0.15) is 22.7 Å². The number of amides is 1. The van der Waals surface area contributed by atoms with Crippen LogP contribution in [0.3, 0.4) is 0 Å². The van der Waals surface area contributed by atoms with Crippen molar-refractivity contribution in [1.29, 1.82) is 0 Å². The van der Waals surface area contributed by atoms with Crippen LogP contribution in [0.25, 0.3) is 5.76 Å². The Kier molecular flexibility index (Phi) is 6.08. The molecule has 1 amide bonds. The number of aliphatic hydroxyl groups is 1. The molecular weight excluding hydrogens is 427 g/mol. The van der Waals surface area contributed by atoms with Gasteiger partial charge in [0.1, 0.15) is 11.5 Å². The maximum atomic E-state index is 14.3. The number of carbonyl (C=O) groups excluding carboxylic acids is 2. The molecule has 1 fully saturated rings. The summed E-state index contributed by atoms with van der Waals surface area (Å²) >= 11 is 0. The minimum absolute atomic E-state index is 0.00552. The molecule has 1 aliphatic heterocycles. The number of likely N-dealkylation sites (tertiary alicyclic amines) is 1. The molecule has 2 aromatic carbocycles. The third kappa shape index (κ3) is 4.15. The number of ether oxygens (including phenoxy) is 2. The Bertz CT molecular complexity index is 1240. The molecule has 0 bridgehead atoms. The van der Waals surface area contributed by atoms with E-state index in [9.17, 15) is 19.1 Å². The summed E-state index contributed by atoms with van der Waals surface area (Å²) < 4.78 is 24.5. The number of aromatic nitrogens is 1. The Morgan fingerprint density at radius 3 is 2.48 bits per heavy atom. The van der Waals surface area contributed by atoms with E-state index in [1.165, 1.54) is 31.3 Å². The molecule has 1 saturated heterocycles. The van der Waals surface area contributed by atoms with Crippen molar-refractivity contribution in [1.82, 2.24) is 9.88 Å². The molecular formula is C25H21FN2O5. The summed E-state index contributed by atoms with van der Waals surface area (Å²) in [5, 5.41) is 11.1. The molecule has 8 heteroatoms. The molecule has 0 saturated carbocycles. The molecule has 168 valence electrons. The van der Waals surface area contributed by atoms with Gasteiger partial charge in [0.15, 0.2) is 11.6 Å². The zero-order valence-electron chi connectivity index (χ0n) is 18.0. The second kappa shape index (κ2) is 9.12. The van der Waals surface area contributed by atoms with Crippen LogP contribution >= 0.6 is 0 Å². The highest BCUT2D eigenvalue weighted by Gasteiger charge is 2.46. The number of rotatable bonds is 6. The van der Waals surface area contributed by atoms with E-state index in [0.29, 0.717) is 11.3 Å². The standard InChI is InChI=1S/C25H21FN2O5/c1-32-18-5-3-4-16(12-18)22-21(23(29)17-6-7-20(33-2)19(26)13-17)24(30)25(31)28(22)14-15-8-10-27-11-9-15/h3-13,22,29H,14H2,1-2H3. The van der Waals surface area contributed by atoms with Gasteiger partial charge in [-0.05, 0) is 53.6 Å². The van der Waals surface area contributed by atoms with Crippen molar-refractivity contribution in [2.75, 3.05) is 14.2 Å². The lowest BCUT2D eigenvalue weighted by Crippen LogP contribution is -2.29. The second-order valence-corrected chi connectivity index (χ2v) is 7.41. The highest BCUT2D eigenvalue weighted by atomic mass is 19.1. The molecule has 0 aliphatic carbocycles. The quantitative estimate of drug-likeness (QED) is 0.350. The predicted molar refractivity (Wildman–Crippen MR) is 118 cm³/mol. The minimum atomic E-state index is -0.904. The summed E-state index contributed by atoms with van der Waals surface area (Å²) in [6, 6.07) is 13.3. The first-order chi connectivity index (χ1) is 15.9. The number of ketones is 1. The van der Waals surface area contributed by atoms with Crippen molar-refractivity contribution < 1.29 is 28.6 Å². The molecule has 1 aliphatic rings. The van der Waals surface area contributed by atoms with Gasteiger partial charge in [0.25, 0.3) is 11.7 Å².